The number of aromatic amines is 1. The number of pyridine rings is 2. The van der Waals surface area contributed by atoms with E-state index in [0.717, 1.165) is 77.4 Å². The van der Waals surface area contributed by atoms with Gasteiger partial charge in [0.15, 0.2) is 0 Å². The van der Waals surface area contributed by atoms with Crippen LogP contribution in [0.3, 0.4) is 0 Å². The number of benzene rings is 2. The number of likely N-dealkylation sites (tertiary alicyclic amines) is 1. The molecule has 0 aliphatic carbocycles. The van der Waals surface area contributed by atoms with Gasteiger partial charge >= 0.3 is 0 Å². The summed E-state index contributed by atoms with van der Waals surface area (Å²) in [6, 6.07) is 24.6. The number of carbonyl (C=O) groups is 2. The van der Waals surface area contributed by atoms with Gasteiger partial charge in [-0.15, -0.1) is 0 Å². The molecule has 2 aliphatic rings. The second-order valence-electron chi connectivity index (χ2n) is 16.2. The second-order valence-corrected chi connectivity index (χ2v) is 16.2. The van der Waals surface area contributed by atoms with Crippen molar-refractivity contribution in [2.75, 3.05) is 25.1 Å². The molecule has 2 atom stereocenters. The van der Waals surface area contributed by atoms with Crippen molar-refractivity contribution >= 4 is 23.3 Å². The van der Waals surface area contributed by atoms with Crippen molar-refractivity contribution in [3.05, 3.63) is 147 Å². The van der Waals surface area contributed by atoms with E-state index in [2.05, 4.69) is 78.7 Å². The van der Waals surface area contributed by atoms with E-state index in [9.17, 15) is 9.59 Å². The molecule has 0 radical (unpaired) electrons. The number of nitrogens with zero attached hydrogens (tertiary/aromatic N) is 4. The third-order valence-corrected chi connectivity index (χ3v) is 11.2. The summed E-state index contributed by atoms with van der Waals surface area (Å²) < 4.78 is 0. The van der Waals surface area contributed by atoms with E-state index in [1.165, 1.54) is 16.7 Å². The Morgan fingerprint density at radius 2 is 1.50 bits per heavy atom. The molecule has 1 saturated heterocycles. The standard InChI is InChI=1S/C46H54N8O2/c1-29-11-8-21-47-40(29)38-13-7-14-39(41-30(2)12-9-22-48-41)54(38)24-10-23-49-45(56)37-26-36-42(51-28-52-43(36)53-37)33-15-16-34(31(3)25-33)27-50-44(55)32-17-19-35(20-18-32)46(4,5)6/h8-9,11-12,15-22,25-26,38-39,52-53H,7,10,13-14,23-24,27-28H2,1-6H3,(H,49,56)(H,50,55). The quantitative estimate of drug-likeness (QED) is 0.101. The zero-order chi connectivity index (χ0) is 39.4. The summed E-state index contributed by atoms with van der Waals surface area (Å²) in [6.07, 6.45) is 7.78. The minimum Gasteiger partial charge on any atom is -0.352 e. The van der Waals surface area contributed by atoms with Crippen molar-refractivity contribution in [2.24, 2.45) is 4.99 Å². The lowest BCUT2D eigenvalue weighted by atomic mass is 9.87. The topological polar surface area (TPSA) is 127 Å². The monoisotopic (exact) mass is 750 g/mol. The Morgan fingerprint density at radius 3 is 2.12 bits per heavy atom. The van der Waals surface area contributed by atoms with Crippen LogP contribution in [-0.2, 0) is 12.0 Å². The predicted octanol–water partition coefficient (Wildman–Crippen LogP) is 8.27. The summed E-state index contributed by atoms with van der Waals surface area (Å²) in [7, 11) is 0. The van der Waals surface area contributed by atoms with Gasteiger partial charge in [0.25, 0.3) is 11.8 Å². The van der Waals surface area contributed by atoms with Gasteiger partial charge in [-0.05, 0) is 116 Å². The molecule has 1 fully saturated rings. The van der Waals surface area contributed by atoms with Crippen molar-refractivity contribution < 1.29 is 9.59 Å². The maximum absolute atomic E-state index is 13.5. The van der Waals surface area contributed by atoms with Crippen LogP contribution in [-0.4, -0.2) is 57.1 Å². The highest BCUT2D eigenvalue weighted by atomic mass is 16.2. The number of amides is 2. The molecule has 290 valence electrons. The van der Waals surface area contributed by atoms with Crippen LogP contribution in [0.2, 0.25) is 0 Å². The summed E-state index contributed by atoms with van der Waals surface area (Å²) in [5.41, 5.74) is 11.8. The van der Waals surface area contributed by atoms with Crippen molar-refractivity contribution in [1.29, 1.82) is 0 Å². The van der Waals surface area contributed by atoms with Gasteiger partial charge in [0.1, 0.15) is 18.2 Å². The number of hydrogen-bond acceptors (Lipinski definition) is 7. The average Bonchev–Trinajstić information content (AvgIpc) is 3.64. The Bertz CT molecular complexity index is 2180. The summed E-state index contributed by atoms with van der Waals surface area (Å²) in [6.45, 7) is 15.0. The maximum Gasteiger partial charge on any atom is 0.267 e. The van der Waals surface area contributed by atoms with Gasteiger partial charge in [0, 0.05) is 48.7 Å². The zero-order valence-corrected chi connectivity index (χ0v) is 33.5. The molecule has 10 nitrogen and oxygen atoms in total. The number of H-pyrrole nitrogens is 1. The van der Waals surface area contributed by atoms with Crippen LogP contribution >= 0.6 is 0 Å². The second kappa shape index (κ2) is 16.6. The molecule has 2 amide bonds. The highest BCUT2D eigenvalue weighted by molar-refractivity contribution is 6.17. The molecule has 2 aliphatic heterocycles. The first-order valence-corrected chi connectivity index (χ1v) is 19.8. The molecule has 5 heterocycles. The fourth-order valence-electron chi connectivity index (χ4n) is 8.08. The number of fused-ring (bicyclic) bond motifs is 1. The fraction of sp³-hybridized carbons (Fsp3) is 0.370. The van der Waals surface area contributed by atoms with E-state index in [1.807, 2.05) is 73.9 Å². The molecule has 56 heavy (non-hydrogen) atoms. The van der Waals surface area contributed by atoms with Crippen LogP contribution in [0.1, 0.15) is 130 Å². The van der Waals surface area contributed by atoms with Gasteiger partial charge < -0.3 is 20.9 Å². The number of carbonyl (C=O) groups excluding carboxylic acids is 2. The molecule has 10 heteroatoms. The first kappa shape index (κ1) is 38.7. The normalized spacial score (nSPS) is 17.1. The van der Waals surface area contributed by atoms with Gasteiger partial charge in [-0.2, -0.15) is 0 Å². The summed E-state index contributed by atoms with van der Waals surface area (Å²) in [5, 5.41) is 9.53. The molecule has 5 aromatic rings. The number of aliphatic imine (C=N–C) groups is 1. The highest BCUT2D eigenvalue weighted by Crippen LogP contribution is 2.42. The molecular formula is C46H54N8O2. The number of piperidine rings is 1. The Hall–Kier alpha value is -5.61. The fourth-order valence-corrected chi connectivity index (χ4v) is 8.08. The minimum absolute atomic E-state index is 0.0332. The van der Waals surface area contributed by atoms with Gasteiger partial charge in [0.05, 0.1) is 29.2 Å². The zero-order valence-electron chi connectivity index (χ0n) is 33.5. The van der Waals surface area contributed by atoms with E-state index >= 15 is 0 Å². The average molecular weight is 751 g/mol. The number of rotatable bonds is 11. The van der Waals surface area contributed by atoms with Crippen LogP contribution in [0, 0.1) is 20.8 Å². The Labute approximate surface area is 330 Å². The molecular weight excluding hydrogens is 697 g/mol. The lowest BCUT2D eigenvalue weighted by molar-refractivity contribution is 0.0740. The molecule has 7 rings (SSSR count). The molecule has 4 N–H and O–H groups in total. The lowest BCUT2D eigenvalue weighted by Gasteiger charge is -2.42. The molecule has 0 bridgehead atoms. The van der Waals surface area contributed by atoms with Crippen molar-refractivity contribution in [3.8, 4) is 0 Å². The van der Waals surface area contributed by atoms with Crippen molar-refractivity contribution in [2.45, 2.75) is 91.3 Å². The van der Waals surface area contributed by atoms with E-state index in [4.69, 9.17) is 15.0 Å². The summed E-state index contributed by atoms with van der Waals surface area (Å²) in [5.74, 6) is 0.532. The van der Waals surface area contributed by atoms with E-state index in [-0.39, 0.29) is 29.3 Å². The number of aromatic nitrogens is 3. The first-order valence-electron chi connectivity index (χ1n) is 19.8. The van der Waals surface area contributed by atoms with Gasteiger partial charge in [0.2, 0.25) is 0 Å². The number of anilines is 1. The Morgan fingerprint density at radius 1 is 0.821 bits per heavy atom. The largest absolute Gasteiger partial charge is 0.352 e. The van der Waals surface area contributed by atoms with Crippen LogP contribution in [0.5, 0.6) is 0 Å². The van der Waals surface area contributed by atoms with Crippen molar-refractivity contribution in [3.63, 3.8) is 0 Å². The van der Waals surface area contributed by atoms with Crippen LogP contribution in [0.15, 0.2) is 90.2 Å². The molecule has 2 unspecified atom stereocenters. The number of aryl methyl sites for hydroxylation is 3. The van der Waals surface area contributed by atoms with Crippen LogP contribution < -0.4 is 16.0 Å². The third kappa shape index (κ3) is 8.45. The molecule has 0 saturated carbocycles. The minimum atomic E-state index is -0.149. The van der Waals surface area contributed by atoms with Crippen LogP contribution in [0.25, 0.3) is 0 Å². The predicted molar refractivity (Wildman–Crippen MR) is 223 cm³/mol. The van der Waals surface area contributed by atoms with Gasteiger partial charge in [-0.25, -0.2) is 0 Å². The summed E-state index contributed by atoms with van der Waals surface area (Å²) in [4.78, 5) is 46.8. The number of hydrogen-bond donors (Lipinski definition) is 4. The highest BCUT2D eigenvalue weighted by Gasteiger charge is 2.35. The smallest absolute Gasteiger partial charge is 0.267 e. The number of nitrogens with one attached hydrogen (secondary N) is 4. The first-order chi connectivity index (χ1) is 27.0. The molecule has 2 aromatic carbocycles. The SMILES string of the molecule is Cc1cc(C2=NCNc3[nH]c(C(=O)NCCCN4C(c5ncccc5C)CCCC4c4ncccc4C)cc32)ccc1CNC(=O)c1ccc(C(C)(C)C)cc1. The molecule has 0 spiro atoms. The molecule has 3 aromatic heterocycles. The van der Waals surface area contributed by atoms with E-state index in [1.54, 1.807) is 0 Å². The van der Waals surface area contributed by atoms with Crippen molar-refractivity contribution in [1.82, 2.24) is 30.5 Å². The summed E-state index contributed by atoms with van der Waals surface area (Å²) >= 11 is 0. The van der Waals surface area contributed by atoms with Gasteiger partial charge in [-0.3, -0.25) is 29.4 Å². The maximum atomic E-state index is 13.5. The Kier molecular flexibility index (Phi) is 11.5. The Balaban J connectivity index is 0.981. The van der Waals surface area contributed by atoms with E-state index in [0.29, 0.717) is 31.0 Å². The third-order valence-electron chi connectivity index (χ3n) is 11.2. The van der Waals surface area contributed by atoms with E-state index < -0.39 is 0 Å². The lowest BCUT2D eigenvalue weighted by Crippen LogP contribution is -2.39. The van der Waals surface area contributed by atoms with Gasteiger partial charge in [-0.1, -0.05) is 57.2 Å². The van der Waals surface area contributed by atoms with Crippen LogP contribution in [0.4, 0.5) is 5.82 Å².